The van der Waals surface area contributed by atoms with Gasteiger partial charge in [0, 0.05) is 29.7 Å². The average Bonchev–Trinajstić information content (AvgIpc) is 3.28. The molecule has 0 aliphatic carbocycles. The summed E-state index contributed by atoms with van der Waals surface area (Å²) >= 11 is 5.87. The Labute approximate surface area is 195 Å². The number of hydrogen-bond acceptors (Lipinski definition) is 4. The predicted molar refractivity (Wildman–Crippen MR) is 132 cm³/mol. The number of methoxy groups -OCH3 is 2. The lowest BCUT2D eigenvalue weighted by atomic mass is 9.96. The lowest BCUT2D eigenvalue weighted by molar-refractivity contribution is 0.394. The number of benzene rings is 1. The van der Waals surface area contributed by atoms with E-state index >= 15 is 0 Å². The molecule has 1 N–H and O–H groups in total. The maximum Gasteiger partial charge on any atom is 0.174 e. The van der Waals surface area contributed by atoms with E-state index in [4.69, 9.17) is 21.7 Å². The normalized spacial score (nSPS) is 18.2. The van der Waals surface area contributed by atoms with Gasteiger partial charge in [-0.2, -0.15) is 0 Å². The zero-order valence-electron chi connectivity index (χ0n) is 19.4. The van der Waals surface area contributed by atoms with E-state index < -0.39 is 0 Å². The Kier molecular flexibility index (Phi) is 6.11. The van der Waals surface area contributed by atoms with Crippen molar-refractivity contribution in [1.82, 2.24) is 14.9 Å². The maximum absolute atomic E-state index is 5.87. The van der Waals surface area contributed by atoms with Crippen molar-refractivity contribution in [1.29, 1.82) is 0 Å². The molecule has 1 saturated heterocycles. The Hall–Kier alpha value is -3.06. The summed E-state index contributed by atoms with van der Waals surface area (Å²) in [5.74, 6) is 1.44. The van der Waals surface area contributed by atoms with Gasteiger partial charge in [0.15, 0.2) is 5.11 Å². The van der Waals surface area contributed by atoms with Crippen LogP contribution in [0.5, 0.6) is 11.5 Å². The zero-order valence-corrected chi connectivity index (χ0v) is 20.2. The van der Waals surface area contributed by atoms with Crippen LogP contribution in [0.25, 0.3) is 0 Å². The Bertz CT molecular complexity index is 1130. The fourth-order valence-electron chi connectivity index (χ4n) is 4.81. The minimum absolute atomic E-state index is 0.0848. The number of anilines is 1. The number of nitrogens with one attached hydrogen (secondary N) is 1. The summed E-state index contributed by atoms with van der Waals surface area (Å²) in [6.07, 6.45) is 1.82. The topological polar surface area (TPSA) is 51.5 Å². The van der Waals surface area contributed by atoms with Crippen molar-refractivity contribution in [3.05, 3.63) is 71.3 Å². The molecule has 3 heterocycles. The van der Waals surface area contributed by atoms with Crippen LogP contribution < -0.4 is 19.7 Å². The van der Waals surface area contributed by atoms with Crippen LogP contribution in [0.15, 0.2) is 48.7 Å². The molecule has 168 valence electrons. The van der Waals surface area contributed by atoms with Gasteiger partial charge >= 0.3 is 0 Å². The molecule has 0 amide bonds. The van der Waals surface area contributed by atoms with Gasteiger partial charge in [-0.25, -0.2) is 0 Å². The molecular formula is C25H30N4O2S. The van der Waals surface area contributed by atoms with E-state index in [0.29, 0.717) is 16.9 Å². The van der Waals surface area contributed by atoms with Crippen molar-refractivity contribution in [3.63, 3.8) is 0 Å². The van der Waals surface area contributed by atoms with Crippen molar-refractivity contribution < 1.29 is 9.47 Å². The van der Waals surface area contributed by atoms with Gasteiger partial charge in [0.25, 0.3) is 0 Å². The maximum atomic E-state index is 5.87. The van der Waals surface area contributed by atoms with Crippen LogP contribution in [0.1, 0.15) is 54.6 Å². The van der Waals surface area contributed by atoms with Crippen LogP contribution in [-0.4, -0.2) is 28.9 Å². The first kappa shape index (κ1) is 22.1. The van der Waals surface area contributed by atoms with Crippen molar-refractivity contribution in [3.8, 4) is 11.5 Å². The number of thiocarbonyl (C=S) groups is 1. The second kappa shape index (κ2) is 8.82. The summed E-state index contributed by atoms with van der Waals surface area (Å²) in [5.41, 5.74) is 5.52. The Morgan fingerprint density at radius 1 is 1.06 bits per heavy atom. The van der Waals surface area contributed by atoms with Crippen LogP contribution in [0.2, 0.25) is 0 Å². The highest BCUT2D eigenvalue weighted by molar-refractivity contribution is 7.80. The number of nitrogens with zero attached hydrogens (tertiary/aromatic N) is 3. The van der Waals surface area contributed by atoms with Crippen molar-refractivity contribution in [2.75, 3.05) is 19.1 Å². The third-order valence-corrected chi connectivity index (χ3v) is 6.42. The fraction of sp³-hybridized carbons (Fsp3) is 0.360. The first-order chi connectivity index (χ1) is 15.4. The molecule has 32 heavy (non-hydrogen) atoms. The molecule has 0 unspecified atom stereocenters. The van der Waals surface area contributed by atoms with Gasteiger partial charge in [-0.15, -0.1) is 0 Å². The Morgan fingerprint density at radius 2 is 1.84 bits per heavy atom. The number of aromatic nitrogens is 2. The second-order valence-electron chi connectivity index (χ2n) is 8.32. The van der Waals surface area contributed by atoms with Gasteiger partial charge in [-0.1, -0.05) is 6.07 Å². The van der Waals surface area contributed by atoms with E-state index in [1.54, 1.807) is 14.2 Å². The number of hydrogen-bond donors (Lipinski definition) is 1. The third-order valence-electron chi connectivity index (χ3n) is 6.10. The van der Waals surface area contributed by atoms with Gasteiger partial charge in [0.05, 0.1) is 37.7 Å². The molecule has 3 aromatic rings. The smallest absolute Gasteiger partial charge is 0.174 e. The first-order valence-electron chi connectivity index (χ1n) is 10.8. The number of aryl methyl sites for hydroxylation is 1. The summed E-state index contributed by atoms with van der Waals surface area (Å²) in [4.78, 5) is 6.81. The van der Waals surface area contributed by atoms with Gasteiger partial charge < -0.3 is 24.3 Å². The minimum Gasteiger partial charge on any atom is -0.497 e. The highest BCUT2D eigenvalue weighted by Gasteiger charge is 2.43. The summed E-state index contributed by atoms with van der Waals surface area (Å²) in [6.45, 7) is 8.76. The van der Waals surface area contributed by atoms with E-state index in [2.05, 4.69) is 53.5 Å². The molecule has 1 aliphatic rings. The van der Waals surface area contributed by atoms with Crippen molar-refractivity contribution >= 4 is 23.0 Å². The second-order valence-corrected chi connectivity index (χ2v) is 8.71. The molecule has 6 nitrogen and oxygen atoms in total. The molecule has 1 aromatic carbocycles. The average molecular weight is 451 g/mol. The Balaban J connectivity index is 1.92. The van der Waals surface area contributed by atoms with Crippen molar-refractivity contribution in [2.45, 2.75) is 45.8 Å². The quantitative estimate of drug-likeness (QED) is 0.516. The molecule has 4 rings (SSSR count). The third kappa shape index (κ3) is 3.71. The number of rotatable bonds is 6. The SMILES string of the molecule is COc1ccc(N2C(=S)N[C@@H](c3ccccn3)[C@H]2c2cc(C)n(C(C)C)c2C)c(OC)c1. The fourth-order valence-corrected chi connectivity index (χ4v) is 5.15. The van der Waals surface area contributed by atoms with Gasteiger partial charge in [-0.05, 0) is 75.8 Å². The zero-order chi connectivity index (χ0) is 23.0. The van der Waals surface area contributed by atoms with E-state index in [1.165, 1.54) is 17.0 Å². The van der Waals surface area contributed by atoms with Crippen molar-refractivity contribution in [2.24, 2.45) is 0 Å². The first-order valence-corrected chi connectivity index (χ1v) is 11.2. The summed E-state index contributed by atoms with van der Waals surface area (Å²) in [7, 11) is 3.32. The van der Waals surface area contributed by atoms with Crippen LogP contribution in [0.3, 0.4) is 0 Å². The van der Waals surface area contributed by atoms with E-state index in [-0.39, 0.29) is 12.1 Å². The lowest BCUT2D eigenvalue weighted by Crippen LogP contribution is -2.30. The van der Waals surface area contributed by atoms with E-state index in [9.17, 15) is 0 Å². The molecule has 0 bridgehead atoms. The summed E-state index contributed by atoms with van der Waals surface area (Å²) in [6, 6.07) is 14.3. The molecule has 1 aliphatic heterocycles. The van der Waals surface area contributed by atoms with Crippen LogP contribution >= 0.6 is 12.2 Å². The number of ether oxygens (including phenoxy) is 2. The van der Waals surface area contributed by atoms with Gasteiger partial charge in [0.2, 0.25) is 0 Å². The molecule has 7 heteroatoms. The number of pyridine rings is 1. The van der Waals surface area contributed by atoms with E-state index in [0.717, 1.165) is 17.1 Å². The van der Waals surface area contributed by atoms with Crippen LogP contribution in [-0.2, 0) is 0 Å². The van der Waals surface area contributed by atoms with Crippen LogP contribution in [0.4, 0.5) is 5.69 Å². The molecule has 0 spiro atoms. The molecule has 0 radical (unpaired) electrons. The largest absolute Gasteiger partial charge is 0.497 e. The van der Waals surface area contributed by atoms with Gasteiger partial charge in [0.1, 0.15) is 11.5 Å². The Morgan fingerprint density at radius 3 is 2.44 bits per heavy atom. The minimum atomic E-state index is -0.100. The predicted octanol–water partition coefficient (Wildman–Crippen LogP) is 5.28. The van der Waals surface area contributed by atoms with Gasteiger partial charge in [-0.3, -0.25) is 4.98 Å². The van der Waals surface area contributed by atoms with E-state index in [1.807, 2.05) is 42.6 Å². The summed E-state index contributed by atoms with van der Waals surface area (Å²) < 4.78 is 13.5. The van der Waals surface area contributed by atoms with Crippen LogP contribution in [0, 0.1) is 13.8 Å². The molecule has 2 aromatic heterocycles. The monoisotopic (exact) mass is 450 g/mol. The standard InChI is InChI=1S/C25H30N4O2S/c1-15(2)28-16(3)13-19(17(28)4)24-23(20-9-7-8-12-26-20)27-25(32)29(24)21-11-10-18(30-5)14-22(21)31-6/h7-15,23-24H,1-6H3,(H,27,32)/t23-,24+/m0/s1. The molecule has 1 fully saturated rings. The molecular weight excluding hydrogens is 420 g/mol. The highest BCUT2D eigenvalue weighted by Crippen LogP contribution is 2.46. The lowest BCUT2D eigenvalue weighted by Gasteiger charge is -2.29. The summed E-state index contributed by atoms with van der Waals surface area (Å²) in [5, 5.41) is 4.17. The molecule has 0 saturated carbocycles. The molecule has 2 atom stereocenters. The highest BCUT2D eigenvalue weighted by atomic mass is 32.1.